The van der Waals surface area contributed by atoms with Crippen LogP contribution in [0, 0.1) is 0 Å². The summed E-state index contributed by atoms with van der Waals surface area (Å²) in [5.41, 5.74) is 8.31. The van der Waals surface area contributed by atoms with Crippen molar-refractivity contribution in [3.63, 3.8) is 0 Å². The number of anilines is 1. The van der Waals surface area contributed by atoms with Gasteiger partial charge in [0.15, 0.2) is 15.8 Å². The van der Waals surface area contributed by atoms with Crippen molar-refractivity contribution in [1.29, 1.82) is 0 Å². The lowest BCUT2D eigenvalue weighted by Crippen LogP contribution is -2.22. The summed E-state index contributed by atoms with van der Waals surface area (Å²) < 4.78 is 22.9. The lowest BCUT2D eigenvalue weighted by atomic mass is 10.1. The van der Waals surface area contributed by atoms with Gasteiger partial charge in [-0.3, -0.25) is 0 Å². The highest BCUT2D eigenvalue weighted by atomic mass is 127. The van der Waals surface area contributed by atoms with Gasteiger partial charge in [0, 0.05) is 11.9 Å². The predicted molar refractivity (Wildman–Crippen MR) is 106 cm³/mol. The van der Waals surface area contributed by atoms with E-state index in [0.29, 0.717) is 12.5 Å². The first-order chi connectivity index (χ1) is 10.4. The molecule has 0 aliphatic carbocycles. The van der Waals surface area contributed by atoms with E-state index >= 15 is 0 Å². The second-order valence-electron chi connectivity index (χ2n) is 5.03. The van der Waals surface area contributed by atoms with Crippen molar-refractivity contribution >= 4 is 45.5 Å². The molecule has 0 saturated carbocycles. The maximum absolute atomic E-state index is 11.5. The van der Waals surface area contributed by atoms with Crippen LogP contribution >= 0.6 is 24.0 Å². The Bertz CT molecular complexity index is 762. The Kier molecular flexibility index (Phi) is 7.50. The monoisotopic (exact) mass is 445 g/mol. The summed E-state index contributed by atoms with van der Waals surface area (Å²) in [4.78, 5) is 4.27. The molecule has 5 nitrogen and oxygen atoms in total. The van der Waals surface area contributed by atoms with Crippen molar-refractivity contribution in [1.82, 2.24) is 0 Å². The molecule has 0 atom stereocenters. The molecule has 0 aliphatic heterocycles. The summed E-state index contributed by atoms with van der Waals surface area (Å²) in [6.45, 7) is 0.331. The van der Waals surface area contributed by atoms with Crippen LogP contribution in [0.4, 0.5) is 5.69 Å². The molecule has 0 bridgehead atoms. The number of nitrogens with one attached hydrogen (secondary N) is 1. The van der Waals surface area contributed by atoms with Crippen molar-refractivity contribution < 1.29 is 8.42 Å². The van der Waals surface area contributed by atoms with Crippen LogP contribution in [0.15, 0.2) is 59.6 Å². The van der Waals surface area contributed by atoms with E-state index in [9.17, 15) is 8.42 Å². The van der Waals surface area contributed by atoms with Crippen LogP contribution < -0.4 is 11.1 Å². The van der Waals surface area contributed by atoms with Crippen molar-refractivity contribution in [2.45, 2.75) is 12.3 Å². The topological polar surface area (TPSA) is 84.5 Å². The SMILES string of the molecule is CS(=O)(=O)Cc1ccccc1CN=C(N)Nc1ccccc1.I. The second-order valence-corrected chi connectivity index (χ2v) is 7.17. The summed E-state index contributed by atoms with van der Waals surface area (Å²) in [6, 6.07) is 16.8. The third-order valence-electron chi connectivity index (χ3n) is 3.00. The average Bonchev–Trinajstić information content (AvgIpc) is 2.46. The van der Waals surface area contributed by atoms with Crippen LogP contribution in [-0.4, -0.2) is 20.6 Å². The van der Waals surface area contributed by atoms with Gasteiger partial charge in [0.25, 0.3) is 0 Å². The minimum Gasteiger partial charge on any atom is -0.370 e. The number of halogens is 1. The lowest BCUT2D eigenvalue weighted by molar-refractivity contribution is 0.601. The zero-order chi connectivity index (χ0) is 16.0. The maximum Gasteiger partial charge on any atom is 0.193 e. The zero-order valence-electron chi connectivity index (χ0n) is 12.8. The third-order valence-corrected chi connectivity index (χ3v) is 3.84. The molecule has 2 aromatic carbocycles. The molecule has 124 valence electrons. The molecule has 3 N–H and O–H groups in total. The van der Waals surface area contributed by atoms with E-state index in [1.807, 2.05) is 48.5 Å². The molecule has 0 saturated heterocycles. The van der Waals surface area contributed by atoms with Gasteiger partial charge in [-0.2, -0.15) is 0 Å². The number of para-hydroxylation sites is 1. The molecule has 0 unspecified atom stereocenters. The maximum atomic E-state index is 11.5. The van der Waals surface area contributed by atoms with E-state index in [2.05, 4.69) is 10.3 Å². The molecule has 0 radical (unpaired) electrons. The van der Waals surface area contributed by atoms with Crippen molar-refractivity contribution in [2.75, 3.05) is 11.6 Å². The molecular formula is C16H20IN3O2S. The van der Waals surface area contributed by atoms with E-state index in [-0.39, 0.29) is 29.7 Å². The Balaban J connectivity index is 0.00000264. The van der Waals surface area contributed by atoms with Crippen molar-refractivity contribution in [3.05, 3.63) is 65.7 Å². The van der Waals surface area contributed by atoms with Crippen LogP contribution in [-0.2, 0) is 22.1 Å². The van der Waals surface area contributed by atoms with E-state index in [1.54, 1.807) is 6.07 Å². The molecule has 0 spiro atoms. The number of aliphatic imine (C=N–C) groups is 1. The quantitative estimate of drug-likeness (QED) is 0.421. The first-order valence-corrected chi connectivity index (χ1v) is 8.86. The first kappa shape index (κ1) is 19.4. The van der Waals surface area contributed by atoms with E-state index in [4.69, 9.17) is 5.73 Å². The number of benzene rings is 2. The van der Waals surface area contributed by atoms with Crippen molar-refractivity contribution in [2.24, 2.45) is 10.7 Å². The summed E-state index contributed by atoms with van der Waals surface area (Å²) in [6.07, 6.45) is 1.22. The minimum atomic E-state index is -3.08. The molecule has 0 amide bonds. The number of sulfone groups is 1. The zero-order valence-corrected chi connectivity index (χ0v) is 15.9. The van der Waals surface area contributed by atoms with Gasteiger partial charge >= 0.3 is 0 Å². The Hall–Kier alpha value is -1.61. The fourth-order valence-corrected chi connectivity index (χ4v) is 2.86. The molecule has 0 fully saturated rings. The Labute approximate surface area is 154 Å². The van der Waals surface area contributed by atoms with Gasteiger partial charge in [0.2, 0.25) is 0 Å². The minimum absolute atomic E-state index is 0. The molecule has 0 aliphatic rings. The van der Waals surface area contributed by atoms with Gasteiger partial charge in [-0.15, -0.1) is 24.0 Å². The van der Waals surface area contributed by atoms with Gasteiger partial charge < -0.3 is 11.1 Å². The van der Waals surface area contributed by atoms with Gasteiger partial charge in [0.05, 0.1) is 12.3 Å². The fourth-order valence-electron chi connectivity index (χ4n) is 2.01. The van der Waals surface area contributed by atoms with E-state index in [1.165, 1.54) is 6.26 Å². The van der Waals surface area contributed by atoms with Gasteiger partial charge in [-0.25, -0.2) is 13.4 Å². The second kappa shape index (κ2) is 8.88. The largest absolute Gasteiger partial charge is 0.370 e. The average molecular weight is 445 g/mol. The summed E-state index contributed by atoms with van der Waals surface area (Å²) in [7, 11) is -3.08. The highest BCUT2D eigenvalue weighted by Crippen LogP contribution is 2.13. The molecule has 2 aromatic rings. The fraction of sp³-hybridized carbons (Fsp3) is 0.188. The first-order valence-electron chi connectivity index (χ1n) is 6.80. The van der Waals surface area contributed by atoms with Crippen LogP contribution in [0.25, 0.3) is 0 Å². The van der Waals surface area contributed by atoms with E-state index in [0.717, 1.165) is 16.8 Å². The highest BCUT2D eigenvalue weighted by molar-refractivity contribution is 14.0. The summed E-state index contributed by atoms with van der Waals surface area (Å²) in [5, 5.41) is 2.99. The predicted octanol–water partition coefficient (Wildman–Crippen LogP) is 2.78. The molecule has 23 heavy (non-hydrogen) atoms. The van der Waals surface area contributed by atoms with Gasteiger partial charge in [-0.1, -0.05) is 42.5 Å². The molecular weight excluding hydrogens is 425 g/mol. The number of hydrogen-bond donors (Lipinski definition) is 2. The number of hydrogen-bond acceptors (Lipinski definition) is 3. The smallest absolute Gasteiger partial charge is 0.193 e. The molecule has 7 heteroatoms. The number of rotatable bonds is 5. The third kappa shape index (κ3) is 7.00. The Morgan fingerprint density at radius 3 is 2.22 bits per heavy atom. The van der Waals surface area contributed by atoms with Crippen LogP contribution in [0.5, 0.6) is 0 Å². The Morgan fingerprint density at radius 1 is 1.04 bits per heavy atom. The molecule has 0 aromatic heterocycles. The number of nitrogens with two attached hydrogens (primary N) is 1. The van der Waals surface area contributed by atoms with Gasteiger partial charge in [-0.05, 0) is 23.3 Å². The molecule has 2 rings (SSSR count). The standard InChI is InChI=1S/C16H19N3O2S.HI/c1-22(20,21)12-14-8-6-5-7-13(14)11-18-16(17)19-15-9-3-2-4-10-15;/h2-10H,11-12H2,1H3,(H3,17,18,19);1H. The Morgan fingerprint density at radius 2 is 1.61 bits per heavy atom. The summed E-state index contributed by atoms with van der Waals surface area (Å²) >= 11 is 0. The van der Waals surface area contributed by atoms with Crippen LogP contribution in [0.1, 0.15) is 11.1 Å². The number of nitrogens with zero attached hydrogens (tertiary/aromatic N) is 1. The molecule has 0 heterocycles. The van der Waals surface area contributed by atoms with Crippen LogP contribution in [0.3, 0.4) is 0 Å². The van der Waals surface area contributed by atoms with Gasteiger partial charge in [0.1, 0.15) is 0 Å². The number of guanidine groups is 1. The van der Waals surface area contributed by atoms with Crippen molar-refractivity contribution in [3.8, 4) is 0 Å². The highest BCUT2D eigenvalue weighted by Gasteiger charge is 2.08. The van der Waals surface area contributed by atoms with Crippen LogP contribution in [0.2, 0.25) is 0 Å². The lowest BCUT2D eigenvalue weighted by Gasteiger charge is -2.08. The summed E-state index contributed by atoms with van der Waals surface area (Å²) in [5.74, 6) is 0.297. The van der Waals surface area contributed by atoms with E-state index < -0.39 is 9.84 Å². The normalized spacial score (nSPS) is 11.6.